The molecule has 136 valence electrons. The van der Waals surface area contributed by atoms with Gasteiger partial charge in [0.25, 0.3) is 0 Å². The van der Waals surface area contributed by atoms with Crippen LogP contribution in [0, 0.1) is 0 Å². The van der Waals surface area contributed by atoms with Crippen molar-refractivity contribution >= 4 is 21.8 Å². The van der Waals surface area contributed by atoms with E-state index < -0.39 is 0 Å². The summed E-state index contributed by atoms with van der Waals surface area (Å²) in [7, 11) is 0. The van der Waals surface area contributed by atoms with E-state index in [2.05, 4.69) is 65.2 Å². The van der Waals surface area contributed by atoms with Crippen LogP contribution in [0.5, 0.6) is 5.75 Å². The predicted octanol–water partition coefficient (Wildman–Crippen LogP) is 5.82. The fourth-order valence-corrected chi connectivity index (χ4v) is 3.60. The first-order chi connectivity index (χ1) is 13.9. The van der Waals surface area contributed by atoms with Crippen LogP contribution in [0.25, 0.3) is 21.8 Å². The lowest BCUT2D eigenvalue weighted by molar-refractivity contribution is 0.291. The number of imidazole rings is 1. The molecular formula is C25H20N2O. The zero-order valence-electron chi connectivity index (χ0n) is 15.5. The molecule has 0 aliphatic rings. The molecule has 0 N–H and O–H groups in total. The Bertz CT molecular complexity index is 1240. The minimum atomic E-state index is 0.437. The first-order valence-electron chi connectivity index (χ1n) is 9.46. The molecule has 5 aromatic rings. The number of benzene rings is 4. The Morgan fingerprint density at radius 1 is 0.714 bits per heavy atom. The minimum absolute atomic E-state index is 0.437. The molecule has 0 aliphatic carbocycles. The molecule has 0 spiro atoms. The van der Waals surface area contributed by atoms with Gasteiger partial charge in [-0.25, -0.2) is 4.98 Å². The van der Waals surface area contributed by atoms with Gasteiger partial charge >= 0.3 is 0 Å². The maximum absolute atomic E-state index is 5.99. The first kappa shape index (κ1) is 16.6. The van der Waals surface area contributed by atoms with Crippen molar-refractivity contribution in [3.63, 3.8) is 0 Å². The highest BCUT2D eigenvalue weighted by atomic mass is 16.5. The molecule has 0 saturated heterocycles. The van der Waals surface area contributed by atoms with E-state index in [1.165, 1.54) is 16.3 Å². The highest BCUT2D eigenvalue weighted by Gasteiger charge is 2.12. The molecule has 3 nitrogen and oxygen atoms in total. The van der Waals surface area contributed by atoms with Crippen molar-refractivity contribution in [1.29, 1.82) is 0 Å². The van der Waals surface area contributed by atoms with Crippen molar-refractivity contribution in [3.05, 3.63) is 108 Å². The Balaban J connectivity index is 1.51. The SMILES string of the molecule is c1ccc(OCc2nc3ccccc3n2Cc2ccc3ccccc3c2)cc1. The molecule has 0 fully saturated rings. The Morgan fingerprint density at radius 2 is 1.46 bits per heavy atom. The number of hydrogen-bond acceptors (Lipinski definition) is 2. The van der Waals surface area contributed by atoms with E-state index in [0.717, 1.165) is 29.2 Å². The van der Waals surface area contributed by atoms with Gasteiger partial charge in [-0.15, -0.1) is 0 Å². The molecule has 5 rings (SSSR count). The van der Waals surface area contributed by atoms with Crippen molar-refractivity contribution in [1.82, 2.24) is 9.55 Å². The van der Waals surface area contributed by atoms with E-state index >= 15 is 0 Å². The van der Waals surface area contributed by atoms with Crippen LogP contribution in [0.15, 0.2) is 97.1 Å². The average Bonchev–Trinajstić information content (AvgIpc) is 3.10. The molecule has 0 unspecified atom stereocenters. The summed E-state index contributed by atoms with van der Waals surface area (Å²) in [6.07, 6.45) is 0. The van der Waals surface area contributed by atoms with E-state index in [9.17, 15) is 0 Å². The van der Waals surface area contributed by atoms with Crippen LogP contribution in [0.1, 0.15) is 11.4 Å². The van der Waals surface area contributed by atoms with Gasteiger partial charge in [0.1, 0.15) is 18.2 Å². The fourth-order valence-electron chi connectivity index (χ4n) is 3.60. The average molecular weight is 364 g/mol. The van der Waals surface area contributed by atoms with Crippen molar-refractivity contribution in [2.24, 2.45) is 0 Å². The molecule has 1 heterocycles. The first-order valence-corrected chi connectivity index (χ1v) is 9.46. The van der Waals surface area contributed by atoms with Crippen LogP contribution in [-0.2, 0) is 13.2 Å². The number of aromatic nitrogens is 2. The maximum Gasteiger partial charge on any atom is 0.148 e. The fraction of sp³-hybridized carbons (Fsp3) is 0.0800. The zero-order valence-corrected chi connectivity index (χ0v) is 15.5. The minimum Gasteiger partial charge on any atom is -0.486 e. The van der Waals surface area contributed by atoms with Crippen LogP contribution in [0.2, 0.25) is 0 Å². The summed E-state index contributed by atoms with van der Waals surface area (Å²) in [4.78, 5) is 4.82. The van der Waals surface area contributed by atoms with E-state index in [-0.39, 0.29) is 0 Å². The molecule has 1 aromatic heterocycles. The van der Waals surface area contributed by atoms with Crippen LogP contribution in [0.4, 0.5) is 0 Å². The Hall–Kier alpha value is -3.59. The van der Waals surface area contributed by atoms with Gasteiger partial charge in [-0.05, 0) is 46.7 Å². The molecule has 0 aliphatic heterocycles. The molecule has 0 radical (unpaired) electrons. The number of fused-ring (bicyclic) bond motifs is 2. The molecule has 0 saturated carbocycles. The summed E-state index contributed by atoms with van der Waals surface area (Å²) in [5.41, 5.74) is 3.38. The van der Waals surface area contributed by atoms with Crippen LogP contribution in [0.3, 0.4) is 0 Å². The van der Waals surface area contributed by atoms with Gasteiger partial charge in [0.15, 0.2) is 0 Å². The van der Waals surface area contributed by atoms with Crippen molar-refractivity contribution < 1.29 is 4.74 Å². The van der Waals surface area contributed by atoms with Crippen LogP contribution >= 0.6 is 0 Å². The van der Waals surface area contributed by atoms with Gasteiger partial charge in [0.05, 0.1) is 11.0 Å². The van der Waals surface area contributed by atoms with Crippen LogP contribution in [-0.4, -0.2) is 9.55 Å². The number of rotatable bonds is 5. The van der Waals surface area contributed by atoms with E-state index in [4.69, 9.17) is 9.72 Å². The van der Waals surface area contributed by atoms with Crippen molar-refractivity contribution in [2.45, 2.75) is 13.2 Å². The third-order valence-electron chi connectivity index (χ3n) is 5.00. The van der Waals surface area contributed by atoms with Gasteiger partial charge < -0.3 is 9.30 Å². The second-order valence-corrected chi connectivity index (χ2v) is 6.89. The van der Waals surface area contributed by atoms with E-state index in [1.807, 2.05) is 36.4 Å². The Kier molecular flexibility index (Phi) is 4.26. The molecule has 0 amide bonds. The second-order valence-electron chi connectivity index (χ2n) is 6.89. The lowest BCUT2D eigenvalue weighted by Crippen LogP contribution is -2.08. The molecule has 28 heavy (non-hydrogen) atoms. The monoisotopic (exact) mass is 364 g/mol. The summed E-state index contributed by atoms with van der Waals surface area (Å²) in [5, 5.41) is 2.51. The topological polar surface area (TPSA) is 27.1 Å². The largest absolute Gasteiger partial charge is 0.486 e. The number of hydrogen-bond donors (Lipinski definition) is 0. The normalized spacial score (nSPS) is 11.1. The van der Waals surface area contributed by atoms with Crippen molar-refractivity contribution in [2.75, 3.05) is 0 Å². The summed E-state index contributed by atoms with van der Waals surface area (Å²) in [6.45, 7) is 1.20. The third-order valence-corrected chi connectivity index (χ3v) is 5.00. The lowest BCUT2D eigenvalue weighted by Gasteiger charge is -2.11. The summed E-state index contributed by atoms with van der Waals surface area (Å²) in [5.74, 6) is 1.78. The molecular weight excluding hydrogens is 344 g/mol. The predicted molar refractivity (Wildman–Crippen MR) is 114 cm³/mol. The lowest BCUT2D eigenvalue weighted by atomic mass is 10.1. The number of nitrogens with zero attached hydrogens (tertiary/aromatic N) is 2. The summed E-state index contributed by atoms with van der Waals surface area (Å²) < 4.78 is 8.24. The van der Waals surface area contributed by atoms with Gasteiger partial charge in [-0.1, -0.05) is 66.7 Å². The number of ether oxygens (including phenoxy) is 1. The second kappa shape index (κ2) is 7.20. The summed E-state index contributed by atoms with van der Waals surface area (Å²) >= 11 is 0. The van der Waals surface area contributed by atoms with Gasteiger partial charge in [0, 0.05) is 6.54 Å². The standard InChI is InChI=1S/C25H20N2O/c1-2-10-22(11-3-1)28-18-25-26-23-12-6-7-13-24(23)27(25)17-19-14-15-20-8-4-5-9-21(20)16-19/h1-16H,17-18H2. The number of para-hydroxylation sites is 3. The Morgan fingerprint density at radius 3 is 2.36 bits per heavy atom. The van der Waals surface area contributed by atoms with Gasteiger partial charge in [-0.2, -0.15) is 0 Å². The van der Waals surface area contributed by atoms with E-state index in [0.29, 0.717) is 6.61 Å². The molecule has 0 atom stereocenters. The van der Waals surface area contributed by atoms with Crippen LogP contribution < -0.4 is 4.74 Å². The van der Waals surface area contributed by atoms with E-state index in [1.54, 1.807) is 0 Å². The third kappa shape index (κ3) is 3.23. The zero-order chi connectivity index (χ0) is 18.8. The smallest absolute Gasteiger partial charge is 0.148 e. The highest BCUT2D eigenvalue weighted by molar-refractivity contribution is 5.83. The van der Waals surface area contributed by atoms with Gasteiger partial charge in [0.2, 0.25) is 0 Å². The highest BCUT2D eigenvalue weighted by Crippen LogP contribution is 2.22. The molecule has 0 bridgehead atoms. The van der Waals surface area contributed by atoms with Crippen molar-refractivity contribution in [3.8, 4) is 5.75 Å². The maximum atomic E-state index is 5.99. The Labute approximate surface area is 163 Å². The summed E-state index contributed by atoms with van der Waals surface area (Å²) in [6, 6.07) is 33.2. The quantitative estimate of drug-likeness (QED) is 0.393. The molecule has 4 aromatic carbocycles. The van der Waals surface area contributed by atoms with Gasteiger partial charge in [-0.3, -0.25) is 0 Å². The molecule has 3 heteroatoms.